The monoisotopic (exact) mass is 229 g/mol. The summed E-state index contributed by atoms with van der Waals surface area (Å²) in [5.74, 6) is 0. The van der Waals surface area contributed by atoms with Gasteiger partial charge in [-0.1, -0.05) is 12.1 Å². The first-order valence-corrected chi connectivity index (χ1v) is 5.37. The maximum Gasteiger partial charge on any atom is 0.213 e. The minimum atomic E-state index is 0.548. The minimum Gasteiger partial charge on any atom is -0.305 e. The number of carbonyl (C=O) groups excluding carboxylic acids is 1. The Morgan fingerprint density at radius 1 is 1.50 bits per heavy atom. The zero-order chi connectivity index (χ0) is 11.4. The molecule has 2 aromatic rings. The van der Waals surface area contributed by atoms with Gasteiger partial charge in [0.25, 0.3) is 0 Å². The number of anilines is 1. The minimum absolute atomic E-state index is 0.548. The fraction of sp³-hybridized carbons (Fsp3) is 0. The average molecular weight is 229 g/mol. The van der Waals surface area contributed by atoms with E-state index in [1.54, 1.807) is 18.2 Å². The average Bonchev–Trinajstić information content (AvgIpc) is 2.78. The third-order valence-electron chi connectivity index (χ3n) is 1.97. The van der Waals surface area contributed by atoms with Gasteiger partial charge >= 0.3 is 0 Å². The zero-order valence-corrected chi connectivity index (χ0v) is 8.99. The van der Waals surface area contributed by atoms with Crippen LogP contribution in [0.15, 0.2) is 29.6 Å². The molecule has 0 fully saturated rings. The number of nitrogens with one attached hydrogen (secondary N) is 1. The second-order valence-electron chi connectivity index (χ2n) is 2.99. The number of benzene rings is 1. The second-order valence-corrected chi connectivity index (χ2v) is 3.85. The molecule has 0 aliphatic heterocycles. The van der Waals surface area contributed by atoms with Crippen molar-refractivity contribution in [2.45, 2.75) is 0 Å². The molecular formula is C11H7N3OS. The molecule has 0 saturated carbocycles. The van der Waals surface area contributed by atoms with E-state index in [0.29, 0.717) is 17.1 Å². The van der Waals surface area contributed by atoms with Gasteiger partial charge in [-0.05, 0) is 12.1 Å². The Bertz CT molecular complexity index is 556. The van der Waals surface area contributed by atoms with Crippen molar-refractivity contribution in [3.05, 3.63) is 35.2 Å². The van der Waals surface area contributed by atoms with Crippen LogP contribution in [0.2, 0.25) is 0 Å². The van der Waals surface area contributed by atoms with Gasteiger partial charge in [-0.15, -0.1) is 11.3 Å². The van der Waals surface area contributed by atoms with Gasteiger partial charge in [-0.25, -0.2) is 4.98 Å². The standard InChI is InChI=1S/C11H7N3OS/c12-5-8-2-1-3-9(4-8)10-6-16-11(14-10)13-7-15/h1-4,6-7H,(H,13,14,15). The van der Waals surface area contributed by atoms with Gasteiger partial charge in [0.05, 0.1) is 17.3 Å². The molecule has 0 aliphatic rings. The molecule has 1 aromatic carbocycles. The highest BCUT2D eigenvalue weighted by atomic mass is 32.1. The lowest BCUT2D eigenvalue weighted by Gasteiger charge is -1.96. The van der Waals surface area contributed by atoms with Crippen molar-refractivity contribution in [1.29, 1.82) is 5.26 Å². The van der Waals surface area contributed by atoms with Crippen LogP contribution in [0.5, 0.6) is 0 Å². The Kier molecular flexibility index (Phi) is 2.94. The number of hydrogen-bond acceptors (Lipinski definition) is 4. The lowest BCUT2D eigenvalue weighted by atomic mass is 10.1. The normalized spacial score (nSPS) is 9.44. The molecule has 2 rings (SSSR count). The number of nitriles is 1. The molecule has 4 nitrogen and oxygen atoms in total. The van der Waals surface area contributed by atoms with E-state index in [-0.39, 0.29) is 0 Å². The first kappa shape index (κ1) is 10.3. The van der Waals surface area contributed by atoms with E-state index in [1.165, 1.54) is 11.3 Å². The van der Waals surface area contributed by atoms with Crippen molar-refractivity contribution in [1.82, 2.24) is 4.98 Å². The van der Waals surface area contributed by atoms with Crippen LogP contribution in [0, 0.1) is 11.3 Å². The molecule has 0 bridgehead atoms. The molecule has 1 heterocycles. The number of aromatic nitrogens is 1. The molecule has 0 radical (unpaired) electrons. The Morgan fingerprint density at radius 3 is 3.12 bits per heavy atom. The maximum atomic E-state index is 10.2. The molecule has 5 heteroatoms. The molecular weight excluding hydrogens is 222 g/mol. The van der Waals surface area contributed by atoms with Crippen molar-refractivity contribution in [3.63, 3.8) is 0 Å². The number of thiazole rings is 1. The quantitative estimate of drug-likeness (QED) is 0.821. The van der Waals surface area contributed by atoms with E-state index in [9.17, 15) is 4.79 Å². The van der Waals surface area contributed by atoms with Crippen molar-refractivity contribution >= 4 is 22.9 Å². The van der Waals surface area contributed by atoms with E-state index < -0.39 is 0 Å². The van der Waals surface area contributed by atoms with Crippen molar-refractivity contribution in [2.75, 3.05) is 5.32 Å². The van der Waals surface area contributed by atoms with Gasteiger partial charge in [0.15, 0.2) is 5.13 Å². The van der Waals surface area contributed by atoms with Crippen LogP contribution < -0.4 is 5.32 Å². The van der Waals surface area contributed by atoms with Crippen LogP contribution in [0.25, 0.3) is 11.3 Å². The summed E-state index contributed by atoms with van der Waals surface area (Å²) in [6.45, 7) is 0. The van der Waals surface area contributed by atoms with Gasteiger partial charge in [0, 0.05) is 10.9 Å². The molecule has 1 aromatic heterocycles. The lowest BCUT2D eigenvalue weighted by Crippen LogP contribution is -1.92. The third-order valence-corrected chi connectivity index (χ3v) is 2.75. The summed E-state index contributed by atoms with van der Waals surface area (Å²) in [6, 6.07) is 9.25. The van der Waals surface area contributed by atoms with Gasteiger partial charge in [-0.3, -0.25) is 4.79 Å². The summed E-state index contributed by atoms with van der Waals surface area (Å²) in [5, 5.41) is 13.6. The predicted octanol–water partition coefficient (Wildman–Crippen LogP) is 2.25. The molecule has 78 valence electrons. The highest BCUT2D eigenvalue weighted by Crippen LogP contribution is 2.24. The first-order valence-electron chi connectivity index (χ1n) is 4.50. The fourth-order valence-corrected chi connectivity index (χ4v) is 1.95. The number of rotatable bonds is 3. The summed E-state index contributed by atoms with van der Waals surface area (Å²) in [4.78, 5) is 14.4. The van der Waals surface area contributed by atoms with E-state index in [1.807, 2.05) is 11.4 Å². The molecule has 0 aliphatic carbocycles. The largest absolute Gasteiger partial charge is 0.305 e. The fourth-order valence-electron chi connectivity index (χ4n) is 1.27. The van der Waals surface area contributed by atoms with Gasteiger partial charge in [-0.2, -0.15) is 5.26 Å². The summed E-state index contributed by atoms with van der Waals surface area (Å²) in [7, 11) is 0. The Morgan fingerprint density at radius 2 is 2.38 bits per heavy atom. The van der Waals surface area contributed by atoms with Crippen LogP contribution in [0.1, 0.15) is 5.56 Å². The van der Waals surface area contributed by atoms with Gasteiger partial charge in [0.1, 0.15) is 0 Å². The molecule has 1 amide bonds. The number of nitrogens with zero attached hydrogens (tertiary/aromatic N) is 2. The highest BCUT2D eigenvalue weighted by molar-refractivity contribution is 7.14. The van der Waals surface area contributed by atoms with E-state index in [0.717, 1.165) is 11.3 Å². The molecule has 0 spiro atoms. The Hall–Kier alpha value is -2.19. The molecule has 0 unspecified atom stereocenters. The third kappa shape index (κ3) is 2.07. The predicted molar refractivity (Wildman–Crippen MR) is 62.0 cm³/mol. The lowest BCUT2D eigenvalue weighted by molar-refractivity contribution is -0.105. The number of carbonyl (C=O) groups is 1. The summed E-state index contributed by atoms with van der Waals surface area (Å²) >= 11 is 1.35. The van der Waals surface area contributed by atoms with Crippen LogP contribution in [-0.4, -0.2) is 11.4 Å². The second kappa shape index (κ2) is 4.55. The van der Waals surface area contributed by atoms with Gasteiger partial charge in [0.2, 0.25) is 6.41 Å². The zero-order valence-electron chi connectivity index (χ0n) is 8.18. The van der Waals surface area contributed by atoms with E-state index in [2.05, 4.69) is 16.4 Å². The SMILES string of the molecule is N#Cc1cccc(-c2csc(NC=O)n2)c1. The first-order chi connectivity index (χ1) is 7.83. The van der Waals surface area contributed by atoms with Crippen LogP contribution in [-0.2, 0) is 4.79 Å². The Labute approximate surface area is 96.2 Å². The van der Waals surface area contributed by atoms with Crippen LogP contribution in [0.4, 0.5) is 5.13 Å². The number of hydrogen-bond donors (Lipinski definition) is 1. The summed E-state index contributed by atoms with van der Waals surface area (Å²) in [5.41, 5.74) is 2.22. The van der Waals surface area contributed by atoms with Crippen LogP contribution >= 0.6 is 11.3 Å². The van der Waals surface area contributed by atoms with Gasteiger partial charge < -0.3 is 5.32 Å². The van der Waals surface area contributed by atoms with Crippen molar-refractivity contribution < 1.29 is 4.79 Å². The summed E-state index contributed by atoms with van der Waals surface area (Å²) in [6.07, 6.45) is 0.592. The molecule has 0 saturated heterocycles. The van der Waals surface area contributed by atoms with Crippen LogP contribution in [0.3, 0.4) is 0 Å². The van der Waals surface area contributed by atoms with Crippen molar-refractivity contribution in [3.8, 4) is 17.3 Å². The smallest absolute Gasteiger partial charge is 0.213 e. The highest BCUT2D eigenvalue weighted by Gasteiger charge is 2.04. The number of amides is 1. The van der Waals surface area contributed by atoms with E-state index in [4.69, 9.17) is 5.26 Å². The van der Waals surface area contributed by atoms with Crippen molar-refractivity contribution in [2.24, 2.45) is 0 Å². The molecule has 1 N–H and O–H groups in total. The topological polar surface area (TPSA) is 65.8 Å². The maximum absolute atomic E-state index is 10.2. The van der Waals surface area contributed by atoms with E-state index >= 15 is 0 Å². The molecule has 0 atom stereocenters. The Balaban J connectivity index is 2.35. The molecule has 16 heavy (non-hydrogen) atoms. The summed E-state index contributed by atoms with van der Waals surface area (Å²) < 4.78 is 0.